The van der Waals surface area contributed by atoms with Crippen LogP contribution in [0.1, 0.15) is 15.2 Å². The lowest BCUT2D eigenvalue weighted by Crippen LogP contribution is -2.53. The van der Waals surface area contributed by atoms with Crippen LogP contribution < -0.4 is 10.2 Å². The first-order chi connectivity index (χ1) is 12.3. The molecule has 6 nitrogen and oxygen atoms in total. The number of rotatable bonds is 3. The number of nitrogens with zero attached hydrogens (tertiary/aromatic N) is 2. The summed E-state index contributed by atoms with van der Waals surface area (Å²) in [6, 6.07) is -1.35. The van der Waals surface area contributed by atoms with Gasteiger partial charge in [-0.3, -0.25) is 9.89 Å². The van der Waals surface area contributed by atoms with Crippen LogP contribution in [-0.2, 0) is 6.42 Å². The van der Waals surface area contributed by atoms with Gasteiger partial charge in [0.15, 0.2) is 0 Å². The first-order valence-electron chi connectivity index (χ1n) is 7.81. The van der Waals surface area contributed by atoms with Gasteiger partial charge in [0, 0.05) is 35.2 Å². The molecular weight excluding hydrogens is 376 g/mol. The van der Waals surface area contributed by atoms with Crippen molar-refractivity contribution < 1.29 is 27.5 Å². The van der Waals surface area contributed by atoms with E-state index < -0.39 is 43.4 Å². The molecule has 0 saturated carbocycles. The van der Waals surface area contributed by atoms with Crippen LogP contribution in [0.2, 0.25) is 0 Å². The quantitative estimate of drug-likeness (QED) is 0.699. The number of aromatic amines is 1. The van der Waals surface area contributed by atoms with Gasteiger partial charge in [0.1, 0.15) is 11.0 Å². The van der Waals surface area contributed by atoms with E-state index in [4.69, 9.17) is 0 Å². The Balaban J connectivity index is 1.83. The van der Waals surface area contributed by atoms with Gasteiger partial charge < -0.3 is 15.3 Å². The predicted octanol–water partition coefficient (Wildman–Crippen LogP) is 1.87. The summed E-state index contributed by atoms with van der Waals surface area (Å²) in [5.41, 5.74) is 1.20. The van der Waals surface area contributed by atoms with Crippen molar-refractivity contribution in [2.45, 2.75) is 30.9 Å². The Hall–Kier alpha value is -2.14. The van der Waals surface area contributed by atoms with Crippen LogP contribution in [0.3, 0.4) is 0 Å². The molecule has 4 heterocycles. The van der Waals surface area contributed by atoms with E-state index in [0.29, 0.717) is 21.7 Å². The Kier molecular flexibility index (Phi) is 3.95. The van der Waals surface area contributed by atoms with Crippen LogP contribution in [-0.4, -0.2) is 58.8 Å². The smallest absolute Gasteiger partial charge is 0.269 e. The second kappa shape index (κ2) is 5.95. The molecule has 0 radical (unpaired) electrons. The molecule has 0 saturated heterocycles. The van der Waals surface area contributed by atoms with Gasteiger partial charge in [-0.2, -0.15) is 5.10 Å². The second-order valence-corrected chi connectivity index (χ2v) is 7.41. The molecule has 1 amide bonds. The molecule has 140 valence electrons. The van der Waals surface area contributed by atoms with Gasteiger partial charge in [0.25, 0.3) is 18.3 Å². The molecule has 26 heavy (non-hydrogen) atoms. The highest BCUT2D eigenvalue weighted by Gasteiger charge is 2.46. The zero-order valence-corrected chi connectivity index (χ0v) is 14.0. The lowest BCUT2D eigenvalue weighted by Gasteiger charge is -2.36. The summed E-state index contributed by atoms with van der Waals surface area (Å²) in [5, 5.41) is 18.4. The van der Waals surface area contributed by atoms with Crippen molar-refractivity contribution in [1.82, 2.24) is 15.5 Å². The average molecular weight is 390 g/mol. The van der Waals surface area contributed by atoms with E-state index in [1.807, 2.05) is 0 Å². The van der Waals surface area contributed by atoms with Gasteiger partial charge in [-0.15, -0.1) is 11.3 Å². The number of amides is 1. The predicted molar refractivity (Wildman–Crippen MR) is 86.0 cm³/mol. The van der Waals surface area contributed by atoms with Crippen molar-refractivity contribution >= 4 is 22.9 Å². The van der Waals surface area contributed by atoms with Crippen LogP contribution in [0.15, 0.2) is 12.4 Å². The van der Waals surface area contributed by atoms with Gasteiger partial charge >= 0.3 is 0 Å². The SMILES string of the molecule is O=C1N[C@@H]([C@@H](O)C(F)F)CN2CC(F)(F)Cc3c(-c4cn[nH]c4)sc1c32. The normalized spacial score (nSPS) is 22.8. The van der Waals surface area contributed by atoms with Gasteiger partial charge in [0.05, 0.1) is 24.5 Å². The molecule has 3 N–H and O–H groups in total. The first-order valence-corrected chi connectivity index (χ1v) is 8.63. The number of carbonyl (C=O) groups excluding carboxylic acids is 1. The fraction of sp³-hybridized carbons (Fsp3) is 0.467. The van der Waals surface area contributed by atoms with E-state index >= 15 is 0 Å². The Morgan fingerprint density at radius 1 is 1.38 bits per heavy atom. The molecule has 0 fully saturated rings. The molecule has 2 aliphatic heterocycles. The summed E-state index contributed by atoms with van der Waals surface area (Å²) in [7, 11) is 0. The highest BCUT2D eigenvalue weighted by atomic mass is 32.1. The summed E-state index contributed by atoms with van der Waals surface area (Å²) >= 11 is 1.02. The number of thiophene rings is 1. The molecule has 0 unspecified atom stereocenters. The lowest BCUT2D eigenvalue weighted by atomic mass is 9.97. The molecule has 2 atom stereocenters. The van der Waals surface area contributed by atoms with Crippen molar-refractivity contribution in [3.05, 3.63) is 22.8 Å². The summed E-state index contributed by atoms with van der Waals surface area (Å²) in [4.78, 5) is 14.4. The van der Waals surface area contributed by atoms with Crippen LogP contribution in [0.5, 0.6) is 0 Å². The molecule has 4 rings (SSSR count). The topological polar surface area (TPSA) is 81.2 Å². The Morgan fingerprint density at radius 2 is 2.15 bits per heavy atom. The minimum absolute atomic E-state index is 0.177. The van der Waals surface area contributed by atoms with E-state index in [2.05, 4.69) is 15.5 Å². The Morgan fingerprint density at radius 3 is 2.81 bits per heavy atom. The Bertz CT molecular complexity index is 839. The van der Waals surface area contributed by atoms with Crippen molar-refractivity contribution in [2.24, 2.45) is 0 Å². The number of hydrogen-bond donors (Lipinski definition) is 3. The fourth-order valence-corrected chi connectivity index (χ4v) is 4.66. The van der Waals surface area contributed by atoms with Crippen LogP contribution in [0.25, 0.3) is 10.4 Å². The van der Waals surface area contributed by atoms with E-state index in [1.54, 1.807) is 6.20 Å². The van der Waals surface area contributed by atoms with Crippen LogP contribution >= 0.6 is 11.3 Å². The Labute approximate surface area is 148 Å². The number of H-pyrrole nitrogens is 1. The molecule has 2 aromatic rings. The molecule has 2 aromatic heterocycles. The number of nitrogens with one attached hydrogen (secondary N) is 2. The van der Waals surface area contributed by atoms with Crippen molar-refractivity contribution in [3.63, 3.8) is 0 Å². The number of aliphatic hydroxyl groups excluding tert-OH is 1. The van der Waals surface area contributed by atoms with Crippen molar-refractivity contribution in [1.29, 1.82) is 0 Å². The first kappa shape index (κ1) is 17.3. The zero-order chi connectivity index (χ0) is 18.6. The van der Waals surface area contributed by atoms with E-state index in [0.717, 1.165) is 11.3 Å². The largest absolute Gasteiger partial charge is 0.385 e. The zero-order valence-electron chi connectivity index (χ0n) is 13.2. The summed E-state index contributed by atoms with van der Waals surface area (Å²) < 4.78 is 54.4. The maximum atomic E-state index is 14.3. The van der Waals surface area contributed by atoms with Gasteiger partial charge in [-0.1, -0.05) is 0 Å². The molecule has 11 heteroatoms. The number of halogens is 4. The van der Waals surface area contributed by atoms with E-state index in [-0.39, 0.29) is 11.4 Å². The standard InChI is InChI=1S/C15H14F4N4O2S/c16-13(17)10(24)8-4-23-5-15(18,19)1-7-9(23)12(14(25)22-8)26-11(7)6-2-20-21-3-6/h2-3,8,10,13,24H,1,4-5H2,(H,20,21)(H,22,25)/t8-,10-/m1/s1. The van der Waals surface area contributed by atoms with Crippen LogP contribution in [0, 0.1) is 0 Å². The van der Waals surface area contributed by atoms with Gasteiger partial charge in [-0.25, -0.2) is 17.6 Å². The highest BCUT2D eigenvalue weighted by Crippen LogP contribution is 2.48. The molecule has 0 bridgehead atoms. The summed E-state index contributed by atoms with van der Waals surface area (Å²) in [5.74, 6) is -3.74. The summed E-state index contributed by atoms with van der Waals surface area (Å²) in [6.45, 7) is -1.02. The monoisotopic (exact) mass is 390 g/mol. The van der Waals surface area contributed by atoms with Crippen molar-refractivity contribution in [2.75, 3.05) is 18.0 Å². The third-order valence-corrected chi connectivity index (χ3v) is 5.79. The fourth-order valence-electron chi connectivity index (χ4n) is 3.43. The maximum absolute atomic E-state index is 14.3. The number of aromatic nitrogens is 2. The maximum Gasteiger partial charge on any atom is 0.269 e. The third kappa shape index (κ3) is 2.75. The number of hydrogen-bond acceptors (Lipinski definition) is 5. The number of aliphatic hydroxyl groups is 1. The van der Waals surface area contributed by atoms with Gasteiger partial charge in [0.2, 0.25) is 0 Å². The molecule has 2 aliphatic rings. The minimum Gasteiger partial charge on any atom is -0.385 e. The molecule has 0 spiro atoms. The number of carbonyl (C=O) groups is 1. The highest BCUT2D eigenvalue weighted by molar-refractivity contribution is 7.18. The molecular formula is C15H14F4N4O2S. The van der Waals surface area contributed by atoms with Gasteiger partial charge in [-0.05, 0) is 0 Å². The second-order valence-electron chi connectivity index (χ2n) is 6.39. The van der Waals surface area contributed by atoms with E-state index in [1.165, 1.54) is 11.1 Å². The number of alkyl halides is 4. The van der Waals surface area contributed by atoms with Crippen molar-refractivity contribution in [3.8, 4) is 10.4 Å². The number of anilines is 1. The third-order valence-electron chi connectivity index (χ3n) is 4.52. The average Bonchev–Trinajstić information content (AvgIpc) is 3.16. The van der Waals surface area contributed by atoms with E-state index in [9.17, 15) is 27.5 Å². The lowest BCUT2D eigenvalue weighted by molar-refractivity contribution is -0.0255. The summed E-state index contributed by atoms with van der Waals surface area (Å²) in [6.07, 6.45) is -2.77. The van der Waals surface area contributed by atoms with Crippen LogP contribution in [0.4, 0.5) is 23.2 Å². The molecule has 0 aromatic carbocycles. The molecule has 0 aliphatic carbocycles. The minimum atomic E-state index is -3.09.